The highest BCUT2D eigenvalue weighted by molar-refractivity contribution is 5.91. The predicted octanol–water partition coefficient (Wildman–Crippen LogP) is 4.17. The standard InChI is InChI=1S/C33H40N2O9/c1-38-19-7-8-20-21-9-10-35-16-18-13-27(44-32(36)17-11-25(39-2)30(41-4)26(12-17)40-3)31(42-5)28(33(37)43-6)22(18)15-24(35)29(21)34-23(20)14-19/h7-8,11-12,14,18,22,24,27-28,31,34H,9-10,13,15-16H2,1-6H3/t18-,22?,24-,27-,28?,31+/m1/s1. The maximum Gasteiger partial charge on any atom is 0.338 e. The molecular weight excluding hydrogens is 568 g/mol. The third-order valence-electron chi connectivity index (χ3n) is 9.76. The van der Waals surface area contributed by atoms with Gasteiger partial charge in [0.25, 0.3) is 0 Å². The normalized spacial score (nSPS) is 26.1. The van der Waals surface area contributed by atoms with Gasteiger partial charge in [0.15, 0.2) is 11.5 Å². The van der Waals surface area contributed by atoms with Crippen molar-refractivity contribution in [1.82, 2.24) is 9.88 Å². The summed E-state index contributed by atoms with van der Waals surface area (Å²) in [6, 6.07) is 9.40. The van der Waals surface area contributed by atoms with Crippen molar-refractivity contribution >= 4 is 22.8 Å². The molecule has 1 saturated carbocycles. The molecule has 2 aliphatic heterocycles. The molecule has 1 aromatic heterocycles. The van der Waals surface area contributed by atoms with Crippen LogP contribution in [0.4, 0.5) is 0 Å². The van der Waals surface area contributed by atoms with Gasteiger partial charge in [0.1, 0.15) is 18.0 Å². The van der Waals surface area contributed by atoms with Crippen LogP contribution < -0.4 is 18.9 Å². The van der Waals surface area contributed by atoms with Crippen LogP contribution in [0, 0.1) is 17.8 Å². The largest absolute Gasteiger partial charge is 0.497 e. The zero-order chi connectivity index (χ0) is 31.1. The molecule has 6 atom stereocenters. The van der Waals surface area contributed by atoms with Crippen LogP contribution in [0.25, 0.3) is 10.9 Å². The summed E-state index contributed by atoms with van der Waals surface area (Å²) in [4.78, 5) is 33.1. The number of esters is 2. The Hall–Kier alpha value is -3.96. The highest BCUT2D eigenvalue weighted by Gasteiger charge is 2.54. The van der Waals surface area contributed by atoms with Gasteiger partial charge >= 0.3 is 11.9 Å². The summed E-state index contributed by atoms with van der Waals surface area (Å²) in [6.07, 6.45) is 0.920. The number of ether oxygens (including phenoxy) is 7. The van der Waals surface area contributed by atoms with Gasteiger partial charge in [-0.2, -0.15) is 0 Å². The van der Waals surface area contributed by atoms with Crippen LogP contribution in [-0.4, -0.2) is 89.8 Å². The highest BCUT2D eigenvalue weighted by atomic mass is 16.6. The smallest absolute Gasteiger partial charge is 0.338 e. The molecule has 236 valence electrons. The summed E-state index contributed by atoms with van der Waals surface area (Å²) in [5, 5.41) is 1.21. The fourth-order valence-electron chi connectivity index (χ4n) is 7.76. The molecule has 0 radical (unpaired) electrons. The van der Waals surface area contributed by atoms with E-state index >= 15 is 0 Å². The van der Waals surface area contributed by atoms with E-state index in [1.54, 1.807) is 26.4 Å². The topological polar surface area (TPSA) is 118 Å². The summed E-state index contributed by atoms with van der Waals surface area (Å²) >= 11 is 0. The summed E-state index contributed by atoms with van der Waals surface area (Å²) in [5.74, 6) is 0.441. The van der Waals surface area contributed by atoms with Crippen molar-refractivity contribution in [1.29, 1.82) is 0 Å². The number of hydrogen-bond acceptors (Lipinski definition) is 10. The van der Waals surface area contributed by atoms with Crippen LogP contribution in [0.1, 0.15) is 40.5 Å². The predicted molar refractivity (Wildman–Crippen MR) is 161 cm³/mol. The number of hydrogen-bond donors (Lipinski definition) is 1. The van der Waals surface area contributed by atoms with E-state index in [4.69, 9.17) is 33.2 Å². The lowest BCUT2D eigenvalue weighted by atomic mass is 9.63. The molecule has 44 heavy (non-hydrogen) atoms. The monoisotopic (exact) mass is 608 g/mol. The number of carbonyl (C=O) groups excluding carboxylic acids is 2. The number of fused-ring (bicyclic) bond motifs is 6. The Balaban J connectivity index is 1.29. The first kappa shape index (κ1) is 30.1. The van der Waals surface area contributed by atoms with Gasteiger partial charge in [-0.1, -0.05) is 0 Å². The molecule has 1 N–H and O–H groups in total. The van der Waals surface area contributed by atoms with Crippen molar-refractivity contribution in [3.63, 3.8) is 0 Å². The minimum Gasteiger partial charge on any atom is -0.497 e. The number of piperidine rings is 1. The van der Waals surface area contributed by atoms with Gasteiger partial charge in [-0.25, -0.2) is 4.79 Å². The molecule has 3 heterocycles. The molecule has 0 bridgehead atoms. The van der Waals surface area contributed by atoms with E-state index in [1.165, 1.54) is 45.1 Å². The van der Waals surface area contributed by atoms with Crippen molar-refractivity contribution < 1.29 is 42.7 Å². The van der Waals surface area contributed by atoms with Gasteiger partial charge in [-0.3, -0.25) is 9.69 Å². The summed E-state index contributed by atoms with van der Waals surface area (Å²) in [5.41, 5.74) is 3.83. The minimum atomic E-state index is -0.670. The molecule has 2 fully saturated rings. The Morgan fingerprint density at radius 3 is 2.30 bits per heavy atom. The molecule has 3 aromatic rings. The maximum atomic E-state index is 13.5. The second kappa shape index (κ2) is 12.2. The van der Waals surface area contributed by atoms with Crippen LogP contribution in [0.15, 0.2) is 30.3 Å². The number of aromatic nitrogens is 1. The van der Waals surface area contributed by atoms with E-state index in [0.29, 0.717) is 23.7 Å². The van der Waals surface area contributed by atoms with E-state index in [0.717, 1.165) is 37.2 Å². The molecule has 1 aliphatic carbocycles. The Morgan fingerprint density at radius 1 is 0.909 bits per heavy atom. The first-order valence-corrected chi connectivity index (χ1v) is 14.9. The van der Waals surface area contributed by atoms with Gasteiger partial charge in [-0.15, -0.1) is 0 Å². The van der Waals surface area contributed by atoms with Gasteiger partial charge in [-0.05, 0) is 60.9 Å². The number of benzene rings is 2. The van der Waals surface area contributed by atoms with Crippen LogP contribution in [0.3, 0.4) is 0 Å². The van der Waals surface area contributed by atoms with Gasteiger partial charge < -0.3 is 38.1 Å². The fourth-order valence-corrected chi connectivity index (χ4v) is 7.76. The Labute approximate surface area is 256 Å². The quantitative estimate of drug-likeness (QED) is 0.374. The summed E-state index contributed by atoms with van der Waals surface area (Å²) in [6.45, 7) is 1.68. The zero-order valence-electron chi connectivity index (χ0n) is 26.0. The molecular formula is C33H40N2O9. The van der Waals surface area contributed by atoms with E-state index in [2.05, 4.69) is 16.0 Å². The number of methoxy groups -OCH3 is 6. The molecule has 0 spiro atoms. The van der Waals surface area contributed by atoms with E-state index in [-0.39, 0.29) is 29.4 Å². The van der Waals surface area contributed by atoms with Crippen LogP contribution in [0.5, 0.6) is 23.0 Å². The number of aromatic amines is 1. The second-order valence-electron chi connectivity index (χ2n) is 11.7. The summed E-state index contributed by atoms with van der Waals surface area (Å²) < 4.78 is 39.1. The molecule has 2 aromatic carbocycles. The lowest BCUT2D eigenvalue weighted by Gasteiger charge is -2.52. The van der Waals surface area contributed by atoms with E-state index in [1.807, 2.05) is 12.1 Å². The number of nitrogens with zero attached hydrogens (tertiary/aromatic N) is 1. The van der Waals surface area contributed by atoms with Crippen LogP contribution in [0.2, 0.25) is 0 Å². The Morgan fingerprint density at radius 2 is 1.66 bits per heavy atom. The van der Waals surface area contributed by atoms with Gasteiger partial charge in [0.05, 0.1) is 53.1 Å². The van der Waals surface area contributed by atoms with Crippen molar-refractivity contribution in [2.75, 3.05) is 55.7 Å². The van der Waals surface area contributed by atoms with Crippen LogP contribution in [-0.2, 0) is 25.4 Å². The average molecular weight is 609 g/mol. The lowest BCUT2D eigenvalue weighted by Crippen LogP contribution is -2.58. The molecule has 1 saturated heterocycles. The van der Waals surface area contributed by atoms with Gasteiger partial charge in [0, 0.05) is 42.9 Å². The Bertz CT molecular complexity index is 1530. The third kappa shape index (κ3) is 5.01. The summed E-state index contributed by atoms with van der Waals surface area (Å²) in [7, 11) is 9.10. The number of carbonyl (C=O) groups is 2. The third-order valence-corrected chi connectivity index (χ3v) is 9.76. The zero-order valence-corrected chi connectivity index (χ0v) is 26.0. The molecule has 2 unspecified atom stereocenters. The number of rotatable bonds is 8. The van der Waals surface area contributed by atoms with E-state index < -0.39 is 24.1 Å². The average Bonchev–Trinajstić information content (AvgIpc) is 3.43. The molecule has 11 nitrogen and oxygen atoms in total. The first-order chi connectivity index (χ1) is 21.3. The first-order valence-electron chi connectivity index (χ1n) is 14.9. The van der Waals surface area contributed by atoms with Crippen molar-refractivity contribution in [3.8, 4) is 23.0 Å². The Kier molecular flexibility index (Phi) is 8.34. The molecule has 3 aliphatic rings. The van der Waals surface area contributed by atoms with Gasteiger partial charge in [0.2, 0.25) is 5.75 Å². The SMILES string of the molecule is COC(=O)C1C2C[C@@H]3c4[nH]c5cc(OC)ccc5c4CCN3C[C@H]2C[C@@H](OC(=O)c2cc(OC)c(OC)c(OC)c2)[C@@H]1OC. The molecule has 0 amide bonds. The number of H-pyrrole nitrogens is 1. The number of nitrogens with one attached hydrogen (secondary N) is 1. The fraction of sp³-hybridized carbons (Fsp3) is 0.515. The van der Waals surface area contributed by atoms with Crippen molar-refractivity contribution in [3.05, 3.63) is 47.2 Å². The maximum absolute atomic E-state index is 13.5. The highest BCUT2D eigenvalue weighted by Crippen LogP contribution is 2.51. The molecule has 6 rings (SSSR count). The van der Waals surface area contributed by atoms with Crippen LogP contribution >= 0.6 is 0 Å². The molecule has 11 heteroatoms. The van der Waals surface area contributed by atoms with Crippen molar-refractivity contribution in [2.24, 2.45) is 17.8 Å². The minimum absolute atomic E-state index is 0.0170. The van der Waals surface area contributed by atoms with Crippen molar-refractivity contribution in [2.45, 2.75) is 37.5 Å². The van der Waals surface area contributed by atoms with E-state index in [9.17, 15) is 9.59 Å². The lowest BCUT2D eigenvalue weighted by molar-refractivity contribution is -0.176. The second-order valence-corrected chi connectivity index (χ2v) is 11.7.